The zero-order valence-electron chi connectivity index (χ0n) is 8.29. The maximum Gasteiger partial charge on any atom is 0.0194 e. The first-order valence-electron chi connectivity index (χ1n) is 5.14. The lowest BCUT2D eigenvalue weighted by Crippen LogP contribution is -2.16. The number of nitrogens with two attached hydrogens (primary N) is 1. The van der Waals surface area contributed by atoms with Crippen LogP contribution in [0.4, 0.5) is 0 Å². The first kappa shape index (κ1) is 9.79. The third-order valence-electron chi connectivity index (χ3n) is 2.84. The molecule has 0 saturated heterocycles. The van der Waals surface area contributed by atoms with Crippen molar-refractivity contribution in [2.24, 2.45) is 17.6 Å². The van der Waals surface area contributed by atoms with E-state index in [1.165, 1.54) is 25.7 Å². The first-order valence-corrected chi connectivity index (χ1v) is 5.14. The Balaban J connectivity index is 2.38. The molecule has 1 nitrogen and oxygen atoms in total. The third kappa shape index (κ3) is 2.98. The summed E-state index contributed by atoms with van der Waals surface area (Å²) in [7, 11) is 0. The molecule has 0 spiro atoms. The van der Waals surface area contributed by atoms with E-state index in [0.29, 0.717) is 0 Å². The van der Waals surface area contributed by atoms with Crippen LogP contribution in [0.25, 0.3) is 0 Å². The average molecular weight is 167 g/mol. The van der Waals surface area contributed by atoms with E-state index in [2.05, 4.69) is 19.1 Å². The maximum absolute atomic E-state index is 5.67. The van der Waals surface area contributed by atoms with Crippen LogP contribution < -0.4 is 5.73 Å². The SMILES string of the molecule is CC(N)/C=C/C1CCCCC1C. The lowest BCUT2D eigenvalue weighted by atomic mass is 9.80. The molecule has 0 radical (unpaired) electrons. The molecule has 1 aliphatic carbocycles. The highest BCUT2D eigenvalue weighted by Gasteiger charge is 2.18. The molecule has 1 rings (SSSR count). The topological polar surface area (TPSA) is 26.0 Å². The molecule has 0 aromatic heterocycles. The molecule has 3 unspecified atom stereocenters. The Bertz CT molecular complexity index is 149. The monoisotopic (exact) mass is 167 g/mol. The predicted octanol–water partition coefficient (Wildman–Crippen LogP) is 2.72. The van der Waals surface area contributed by atoms with Gasteiger partial charge in [0.2, 0.25) is 0 Å². The quantitative estimate of drug-likeness (QED) is 0.629. The standard InChI is InChI=1S/C11H21N/c1-9-5-3-4-6-11(9)8-7-10(2)12/h7-11H,3-6,12H2,1-2H3/b8-7+. The highest BCUT2D eigenvalue weighted by atomic mass is 14.6. The summed E-state index contributed by atoms with van der Waals surface area (Å²) in [5, 5.41) is 0. The highest BCUT2D eigenvalue weighted by molar-refractivity contribution is 4.96. The van der Waals surface area contributed by atoms with E-state index in [4.69, 9.17) is 5.73 Å². The Kier molecular flexibility index (Phi) is 3.80. The van der Waals surface area contributed by atoms with Crippen LogP contribution in [0.1, 0.15) is 39.5 Å². The van der Waals surface area contributed by atoms with Gasteiger partial charge in [0.25, 0.3) is 0 Å². The summed E-state index contributed by atoms with van der Waals surface area (Å²) in [6, 6.07) is 0.221. The van der Waals surface area contributed by atoms with Crippen molar-refractivity contribution in [3.8, 4) is 0 Å². The lowest BCUT2D eigenvalue weighted by Gasteiger charge is -2.26. The van der Waals surface area contributed by atoms with E-state index in [9.17, 15) is 0 Å². The molecule has 2 N–H and O–H groups in total. The second-order valence-electron chi connectivity index (χ2n) is 4.17. The molecule has 0 aromatic rings. The molecule has 12 heavy (non-hydrogen) atoms. The van der Waals surface area contributed by atoms with Gasteiger partial charge in [0.05, 0.1) is 0 Å². The van der Waals surface area contributed by atoms with Gasteiger partial charge in [-0.25, -0.2) is 0 Å². The molecule has 1 fully saturated rings. The summed E-state index contributed by atoms with van der Waals surface area (Å²) in [5.41, 5.74) is 5.67. The van der Waals surface area contributed by atoms with Crippen LogP contribution in [0.2, 0.25) is 0 Å². The smallest absolute Gasteiger partial charge is 0.0194 e. The maximum atomic E-state index is 5.67. The fourth-order valence-electron chi connectivity index (χ4n) is 1.95. The number of hydrogen-bond donors (Lipinski definition) is 1. The summed E-state index contributed by atoms with van der Waals surface area (Å²) in [5.74, 6) is 1.67. The minimum absolute atomic E-state index is 0.221. The Morgan fingerprint density at radius 3 is 2.58 bits per heavy atom. The van der Waals surface area contributed by atoms with Crippen LogP contribution in [0.5, 0.6) is 0 Å². The number of hydrogen-bond acceptors (Lipinski definition) is 1. The van der Waals surface area contributed by atoms with Crippen molar-refractivity contribution in [3.63, 3.8) is 0 Å². The van der Waals surface area contributed by atoms with Crippen molar-refractivity contribution < 1.29 is 0 Å². The molecule has 0 bridgehead atoms. The highest BCUT2D eigenvalue weighted by Crippen LogP contribution is 2.30. The number of allylic oxidation sites excluding steroid dienone is 1. The van der Waals surface area contributed by atoms with E-state index in [1.807, 2.05) is 6.92 Å². The average Bonchev–Trinajstić information content (AvgIpc) is 2.03. The lowest BCUT2D eigenvalue weighted by molar-refractivity contribution is 0.306. The summed E-state index contributed by atoms with van der Waals surface area (Å²) < 4.78 is 0. The van der Waals surface area contributed by atoms with Gasteiger partial charge in [0.15, 0.2) is 0 Å². The van der Waals surface area contributed by atoms with Gasteiger partial charge in [0, 0.05) is 6.04 Å². The van der Waals surface area contributed by atoms with E-state index in [-0.39, 0.29) is 6.04 Å². The second kappa shape index (κ2) is 4.66. The van der Waals surface area contributed by atoms with Gasteiger partial charge in [-0.05, 0) is 25.2 Å². The van der Waals surface area contributed by atoms with Gasteiger partial charge in [-0.3, -0.25) is 0 Å². The first-order chi connectivity index (χ1) is 5.70. The van der Waals surface area contributed by atoms with Crippen LogP contribution >= 0.6 is 0 Å². The van der Waals surface area contributed by atoms with Crippen molar-refractivity contribution in [2.75, 3.05) is 0 Å². The van der Waals surface area contributed by atoms with Gasteiger partial charge < -0.3 is 5.73 Å². The molecular formula is C11H21N. The summed E-state index contributed by atoms with van der Waals surface area (Å²) in [6.45, 7) is 4.39. The Morgan fingerprint density at radius 1 is 1.33 bits per heavy atom. The third-order valence-corrected chi connectivity index (χ3v) is 2.84. The zero-order valence-corrected chi connectivity index (χ0v) is 8.29. The van der Waals surface area contributed by atoms with Crippen LogP contribution in [0, 0.1) is 11.8 Å². The minimum atomic E-state index is 0.221. The van der Waals surface area contributed by atoms with E-state index in [1.54, 1.807) is 0 Å². The zero-order chi connectivity index (χ0) is 8.97. The van der Waals surface area contributed by atoms with Gasteiger partial charge in [-0.2, -0.15) is 0 Å². The number of rotatable bonds is 2. The molecule has 1 aliphatic rings. The normalized spacial score (nSPS) is 33.9. The van der Waals surface area contributed by atoms with Gasteiger partial charge in [0.1, 0.15) is 0 Å². The molecule has 70 valence electrons. The van der Waals surface area contributed by atoms with Crippen LogP contribution in [-0.4, -0.2) is 6.04 Å². The van der Waals surface area contributed by atoms with Crippen LogP contribution in [-0.2, 0) is 0 Å². The van der Waals surface area contributed by atoms with Crippen LogP contribution in [0.3, 0.4) is 0 Å². The van der Waals surface area contributed by atoms with Crippen molar-refractivity contribution in [1.29, 1.82) is 0 Å². The molecule has 0 amide bonds. The van der Waals surface area contributed by atoms with Crippen molar-refractivity contribution in [2.45, 2.75) is 45.6 Å². The second-order valence-corrected chi connectivity index (χ2v) is 4.17. The molecular weight excluding hydrogens is 146 g/mol. The van der Waals surface area contributed by atoms with Crippen molar-refractivity contribution in [3.05, 3.63) is 12.2 Å². The van der Waals surface area contributed by atoms with Gasteiger partial charge in [-0.1, -0.05) is 38.3 Å². The molecule has 0 aromatic carbocycles. The minimum Gasteiger partial charge on any atom is -0.325 e. The van der Waals surface area contributed by atoms with Gasteiger partial charge >= 0.3 is 0 Å². The Hall–Kier alpha value is -0.300. The fourth-order valence-corrected chi connectivity index (χ4v) is 1.95. The summed E-state index contributed by atoms with van der Waals surface area (Å²) in [6.07, 6.45) is 10.1. The van der Waals surface area contributed by atoms with Crippen molar-refractivity contribution >= 4 is 0 Å². The largest absolute Gasteiger partial charge is 0.325 e. The predicted molar refractivity (Wildman–Crippen MR) is 53.9 cm³/mol. The van der Waals surface area contributed by atoms with E-state index < -0.39 is 0 Å². The van der Waals surface area contributed by atoms with E-state index in [0.717, 1.165) is 11.8 Å². The summed E-state index contributed by atoms with van der Waals surface area (Å²) in [4.78, 5) is 0. The van der Waals surface area contributed by atoms with E-state index >= 15 is 0 Å². The molecule has 0 aliphatic heterocycles. The molecule has 3 atom stereocenters. The van der Waals surface area contributed by atoms with Crippen LogP contribution in [0.15, 0.2) is 12.2 Å². The Morgan fingerprint density at radius 2 is 2.00 bits per heavy atom. The summed E-state index contributed by atoms with van der Waals surface area (Å²) >= 11 is 0. The fraction of sp³-hybridized carbons (Fsp3) is 0.818. The Labute approximate surface area is 76.0 Å². The molecule has 1 saturated carbocycles. The molecule has 0 heterocycles. The van der Waals surface area contributed by atoms with Crippen molar-refractivity contribution in [1.82, 2.24) is 0 Å². The molecule has 1 heteroatoms. The van der Waals surface area contributed by atoms with Gasteiger partial charge in [-0.15, -0.1) is 0 Å².